The first-order valence-corrected chi connectivity index (χ1v) is 6.60. The number of aryl methyl sites for hydroxylation is 1. The van der Waals surface area contributed by atoms with Crippen molar-refractivity contribution in [3.63, 3.8) is 0 Å². The Morgan fingerprint density at radius 2 is 1.86 bits per heavy atom. The Balaban J connectivity index is 2.10. The molecule has 1 heterocycles. The average Bonchev–Trinajstić information content (AvgIpc) is 2.47. The lowest BCUT2D eigenvalue weighted by atomic mass is 10.1. The molecule has 0 spiro atoms. The van der Waals surface area contributed by atoms with Crippen molar-refractivity contribution in [2.45, 2.75) is 20.4 Å². The van der Waals surface area contributed by atoms with Gasteiger partial charge in [-0.05, 0) is 38.1 Å². The number of pyridine rings is 1. The van der Waals surface area contributed by atoms with Crippen LogP contribution in [0.1, 0.15) is 39.0 Å². The van der Waals surface area contributed by atoms with Crippen LogP contribution in [0.2, 0.25) is 0 Å². The Morgan fingerprint density at radius 3 is 2.50 bits per heavy atom. The van der Waals surface area contributed by atoms with E-state index >= 15 is 0 Å². The molecule has 4 nitrogen and oxygen atoms in total. The number of rotatable bonds is 4. The molecule has 0 bridgehead atoms. The summed E-state index contributed by atoms with van der Waals surface area (Å²) in [6, 6.07) is 6.63. The van der Waals surface area contributed by atoms with Crippen molar-refractivity contribution in [3.8, 4) is 0 Å². The largest absolute Gasteiger partial charge is 0.346 e. The first-order chi connectivity index (χ1) is 10.4. The highest BCUT2D eigenvalue weighted by Gasteiger charge is 2.15. The molecule has 0 saturated heterocycles. The fraction of sp³-hybridized carbons (Fsp3) is 0.188. The SMILES string of the molecule is CC(=O)c1ccc(CNC(=O)c2cccc(F)c2F)nc1C. The highest BCUT2D eigenvalue weighted by Crippen LogP contribution is 2.12. The van der Waals surface area contributed by atoms with Gasteiger partial charge in [-0.2, -0.15) is 0 Å². The van der Waals surface area contributed by atoms with Crippen LogP contribution in [0.25, 0.3) is 0 Å². The average molecular weight is 304 g/mol. The van der Waals surface area contributed by atoms with Crippen molar-refractivity contribution in [1.82, 2.24) is 10.3 Å². The van der Waals surface area contributed by atoms with E-state index < -0.39 is 17.5 Å². The van der Waals surface area contributed by atoms with Gasteiger partial charge in [-0.15, -0.1) is 0 Å². The molecule has 6 heteroatoms. The van der Waals surface area contributed by atoms with E-state index in [2.05, 4.69) is 10.3 Å². The summed E-state index contributed by atoms with van der Waals surface area (Å²) >= 11 is 0. The number of halogens is 2. The number of Topliss-reactive ketones (excluding diaryl/α,β-unsaturated/α-hetero) is 1. The summed E-state index contributed by atoms with van der Waals surface area (Å²) in [5.74, 6) is -3.09. The van der Waals surface area contributed by atoms with Gasteiger partial charge in [0.25, 0.3) is 5.91 Å². The molecule has 0 saturated carbocycles. The number of ketones is 1. The van der Waals surface area contributed by atoms with E-state index in [1.54, 1.807) is 19.1 Å². The van der Waals surface area contributed by atoms with Crippen LogP contribution in [0.15, 0.2) is 30.3 Å². The molecule has 0 aliphatic heterocycles. The Kier molecular flexibility index (Phi) is 4.60. The molecular formula is C16H14F2N2O2. The third-order valence-electron chi connectivity index (χ3n) is 3.15. The molecule has 0 atom stereocenters. The maximum atomic E-state index is 13.5. The number of amides is 1. The first kappa shape index (κ1) is 15.8. The van der Waals surface area contributed by atoms with E-state index in [-0.39, 0.29) is 17.9 Å². The second kappa shape index (κ2) is 6.43. The number of hydrogen-bond donors (Lipinski definition) is 1. The van der Waals surface area contributed by atoms with E-state index in [4.69, 9.17) is 0 Å². The van der Waals surface area contributed by atoms with E-state index in [1.165, 1.54) is 19.1 Å². The predicted octanol–water partition coefficient (Wildman–Crippen LogP) is 2.80. The van der Waals surface area contributed by atoms with Crippen LogP contribution in [-0.2, 0) is 6.54 Å². The van der Waals surface area contributed by atoms with E-state index in [0.29, 0.717) is 17.0 Å². The number of aromatic nitrogens is 1. The standard InChI is InChI=1S/C16H14F2N2O2/c1-9-12(10(2)21)7-6-11(20-9)8-19-16(22)13-4-3-5-14(17)15(13)18/h3-7H,8H2,1-2H3,(H,19,22). The van der Waals surface area contributed by atoms with Crippen LogP contribution in [0.4, 0.5) is 8.78 Å². The van der Waals surface area contributed by atoms with Gasteiger partial charge >= 0.3 is 0 Å². The third kappa shape index (κ3) is 3.33. The highest BCUT2D eigenvalue weighted by molar-refractivity contribution is 5.95. The van der Waals surface area contributed by atoms with Crippen molar-refractivity contribution in [2.75, 3.05) is 0 Å². The van der Waals surface area contributed by atoms with Crippen LogP contribution >= 0.6 is 0 Å². The molecule has 2 rings (SSSR count). The molecule has 1 N–H and O–H groups in total. The number of benzene rings is 1. The van der Waals surface area contributed by atoms with Crippen molar-refractivity contribution < 1.29 is 18.4 Å². The van der Waals surface area contributed by atoms with Crippen molar-refractivity contribution in [2.24, 2.45) is 0 Å². The van der Waals surface area contributed by atoms with E-state index in [9.17, 15) is 18.4 Å². The monoisotopic (exact) mass is 304 g/mol. The van der Waals surface area contributed by atoms with Gasteiger partial charge in [0.1, 0.15) is 0 Å². The molecule has 0 radical (unpaired) electrons. The Bertz CT molecular complexity index is 745. The minimum Gasteiger partial charge on any atom is -0.346 e. The minimum atomic E-state index is -1.18. The van der Waals surface area contributed by atoms with Crippen LogP contribution in [0.5, 0.6) is 0 Å². The number of carbonyl (C=O) groups excluding carboxylic acids is 2. The summed E-state index contributed by atoms with van der Waals surface area (Å²) in [5.41, 5.74) is 1.21. The molecule has 1 amide bonds. The lowest BCUT2D eigenvalue weighted by Crippen LogP contribution is -2.24. The van der Waals surface area contributed by atoms with Gasteiger partial charge in [0.15, 0.2) is 17.4 Å². The quantitative estimate of drug-likeness (QED) is 0.884. The number of nitrogens with one attached hydrogen (secondary N) is 1. The molecule has 114 valence electrons. The molecule has 2 aromatic rings. The van der Waals surface area contributed by atoms with Crippen molar-refractivity contribution >= 4 is 11.7 Å². The lowest BCUT2D eigenvalue weighted by Gasteiger charge is -2.08. The van der Waals surface area contributed by atoms with Crippen molar-refractivity contribution in [1.29, 1.82) is 0 Å². The topological polar surface area (TPSA) is 59.1 Å². The van der Waals surface area contributed by atoms with Gasteiger partial charge in [0.2, 0.25) is 0 Å². The summed E-state index contributed by atoms with van der Waals surface area (Å²) < 4.78 is 26.6. The van der Waals surface area contributed by atoms with Gasteiger partial charge in [-0.3, -0.25) is 14.6 Å². The minimum absolute atomic E-state index is 0.0494. The van der Waals surface area contributed by atoms with Gasteiger partial charge in [-0.25, -0.2) is 8.78 Å². The molecule has 0 fully saturated rings. The summed E-state index contributed by atoms with van der Waals surface area (Å²) in [7, 11) is 0. The van der Waals surface area contributed by atoms with E-state index in [1.807, 2.05) is 0 Å². The van der Waals surface area contributed by atoms with Gasteiger partial charge in [-0.1, -0.05) is 6.07 Å². The van der Waals surface area contributed by atoms with Gasteiger partial charge < -0.3 is 5.32 Å². The van der Waals surface area contributed by atoms with Gasteiger partial charge in [0.05, 0.1) is 17.8 Å². The highest BCUT2D eigenvalue weighted by atomic mass is 19.2. The first-order valence-electron chi connectivity index (χ1n) is 6.60. The maximum absolute atomic E-state index is 13.5. The van der Waals surface area contributed by atoms with Crippen LogP contribution in [0, 0.1) is 18.6 Å². The number of nitrogens with zero attached hydrogens (tertiary/aromatic N) is 1. The number of carbonyl (C=O) groups is 2. The van der Waals surface area contributed by atoms with Crippen LogP contribution in [0.3, 0.4) is 0 Å². The fourth-order valence-corrected chi connectivity index (χ4v) is 2.03. The summed E-state index contributed by atoms with van der Waals surface area (Å²) in [6.45, 7) is 3.18. The van der Waals surface area contributed by atoms with Crippen molar-refractivity contribution in [3.05, 3.63) is 64.5 Å². The molecule has 1 aromatic carbocycles. The summed E-state index contributed by atoms with van der Waals surface area (Å²) in [5, 5.41) is 2.47. The fourth-order valence-electron chi connectivity index (χ4n) is 2.03. The normalized spacial score (nSPS) is 10.4. The third-order valence-corrected chi connectivity index (χ3v) is 3.15. The summed E-state index contributed by atoms with van der Waals surface area (Å²) in [6.07, 6.45) is 0. The smallest absolute Gasteiger partial charge is 0.254 e. The van der Waals surface area contributed by atoms with E-state index in [0.717, 1.165) is 6.07 Å². The Labute approximate surface area is 126 Å². The number of hydrogen-bond acceptors (Lipinski definition) is 3. The van der Waals surface area contributed by atoms with Crippen LogP contribution < -0.4 is 5.32 Å². The zero-order valence-electron chi connectivity index (χ0n) is 12.1. The second-order valence-corrected chi connectivity index (χ2v) is 4.78. The van der Waals surface area contributed by atoms with Gasteiger partial charge in [0, 0.05) is 11.3 Å². The molecule has 0 aliphatic rings. The Hall–Kier alpha value is -2.63. The zero-order chi connectivity index (χ0) is 16.3. The maximum Gasteiger partial charge on any atom is 0.254 e. The molecule has 0 aliphatic carbocycles. The zero-order valence-corrected chi connectivity index (χ0v) is 12.1. The summed E-state index contributed by atoms with van der Waals surface area (Å²) in [4.78, 5) is 27.4. The predicted molar refractivity (Wildman–Crippen MR) is 76.5 cm³/mol. The molecule has 22 heavy (non-hydrogen) atoms. The second-order valence-electron chi connectivity index (χ2n) is 4.78. The Morgan fingerprint density at radius 1 is 1.14 bits per heavy atom. The molecular weight excluding hydrogens is 290 g/mol. The van der Waals surface area contributed by atoms with Crippen LogP contribution in [-0.4, -0.2) is 16.7 Å². The molecule has 1 aromatic heterocycles. The molecule has 0 unspecified atom stereocenters. The lowest BCUT2D eigenvalue weighted by molar-refractivity contribution is 0.0944.